The van der Waals surface area contributed by atoms with E-state index in [9.17, 15) is 18.4 Å². The van der Waals surface area contributed by atoms with Gasteiger partial charge in [0.05, 0.1) is 5.56 Å². The highest BCUT2D eigenvalue weighted by atomic mass is 79.9. The molecule has 0 fully saturated rings. The first-order valence-corrected chi connectivity index (χ1v) is 8.52. The zero-order valence-electron chi connectivity index (χ0n) is 14.1. The minimum Gasteiger partial charge on any atom is -0.330 e. The molecule has 2 aromatic carbocycles. The normalized spacial score (nSPS) is 10.3. The summed E-state index contributed by atoms with van der Waals surface area (Å²) in [7, 11) is 0. The fourth-order valence-electron chi connectivity index (χ4n) is 2.39. The number of halogens is 3. The van der Waals surface area contributed by atoms with Crippen LogP contribution in [0.25, 0.3) is 0 Å². The van der Waals surface area contributed by atoms with E-state index in [1.165, 1.54) is 36.1 Å². The Kier molecular flexibility index (Phi) is 6.63. The first-order valence-electron chi connectivity index (χ1n) is 7.73. The Morgan fingerprint density at radius 3 is 2.54 bits per heavy atom. The number of nitrogens with one attached hydrogen (secondary N) is 1. The summed E-state index contributed by atoms with van der Waals surface area (Å²) in [6.45, 7) is 4.95. The molecule has 7 heteroatoms. The summed E-state index contributed by atoms with van der Waals surface area (Å²) >= 11 is 3.26. The van der Waals surface area contributed by atoms with Crippen LogP contribution in [0.1, 0.15) is 22.8 Å². The maximum atomic E-state index is 14.2. The van der Waals surface area contributed by atoms with Gasteiger partial charge in [0.15, 0.2) is 0 Å². The quantitative estimate of drug-likeness (QED) is 0.695. The molecule has 0 spiro atoms. The summed E-state index contributed by atoms with van der Waals surface area (Å²) in [5, 5.41) is 2.50. The van der Waals surface area contributed by atoms with Crippen LogP contribution in [0.2, 0.25) is 0 Å². The largest absolute Gasteiger partial charge is 0.330 e. The number of hydrogen-bond donors (Lipinski definition) is 1. The fourth-order valence-corrected chi connectivity index (χ4v) is 2.79. The average Bonchev–Trinajstić information content (AvgIpc) is 2.58. The molecule has 0 radical (unpaired) electrons. The topological polar surface area (TPSA) is 49.4 Å². The Labute approximate surface area is 158 Å². The maximum absolute atomic E-state index is 14.2. The molecule has 4 nitrogen and oxygen atoms in total. The summed E-state index contributed by atoms with van der Waals surface area (Å²) in [6, 6.07) is 8.11. The summed E-state index contributed by atoms with van der Waals surface area (Å²) in [6.07, 6.45) is 1.48. The molecular weight excluding hydrogens is 406 g/mol. The molecular formula is C19H17BrF2N2O2. The molecule has 0 bridgehead atoms. The molecule has 2 amide bonds. The van der Waals surface area contributed by atoms with Crippen LogP contribution >= 0.6 is 15.9 Å². The van der Waals surface area contributed by atoms with Gasteiger partial charge in [0, 0.05) is 35.7 Å². The Morgan fingerprint density at radius 2 is 1.88 bits per heavy atom. The zero-order valence-corrected chi connectivity index (χ0v) is 15.6. The zero-order chi connectivity index (χ0) is 19.3. The van der Waals surface area contributed by atoms with Gasteiger partial charge in [0.25, 0.3) is 5.91 Å². The van der Waals surface area contributed by atoms with Crippen LogP contribution < -0.4 is 5.32 Å². The lowest BCUT2D eigenvalue weighted by atomic mass is 10.1. The van der Waals surface area contributed by atoms with E-state index >= 15 is 0 Å². The SMILES string of the molecule is C=CCN(Cc1cc(Br)ccc1F)C(=O)c1cc(NC(C)=O)ccc1F. The van der Waals surface area contributed by atoms with E-state index in [4.69, 9.17) is 0 Å². The van der Waals surface area contributed by atoms with Crippen molar-refractivity contribution in [2.24, 2.45) is 0 Å². The van der Waals surface area contributed by atoms with Crippen LogP contribution in [-0.4, -0.2) is 23.3 Å². The first-order chi connectivity index (χ1) is 12.3. The molecule has 0 saturated carbocycles. The smallest absolute Gasteiger partial charge is 0.257 e. The number of anilines is 1. The molecule has 0 unspecified atom stereocenters. The van der Waals surface area contributed by atoms with Gasteiger partial charge < -0.3 is 10.2 Å². The van der Waals surface area contributed by atoms with Gasteiger partial charge in [-0.2, -0.15) is 0 Å². The standard InChI is InChI=1S/C19H17BrF2N2O2/c1-3-8-24(11-13-9-14(20)4-6-17(13)21)19(26)16-10-15(23-12(2)25)5-7-18(16)22/h3-7,9-10H,1,8,11H2,2H3,(H,23,25). The third-order valence-corrected chi connectivity index (χ3v) is 4.02. The molecule has 0 atom stereocenters. The Hall–Kier alpha value is -2.54. The number of benzene rings is 2. The third kappa shape index (κ3) is 4.98. The second-order valence-corrected chi connectivity index (χ2v) is 6.50. The average molecular weight is 423 g/mol. The molecule has 2 rings (SSSR count). The van der Waals surface area contributed by atoms with Crippen LogP contribution in [0.5, 0.6) is 0 Å². The number of carbonyl (C=O) groups is 2. The molecule has 0 aromatic heterocycles. The van der Waals surface area contributed by atoms with Crippen molar-refractivity contribution in [2.45, 2.75) is 13.5 Å². The Bertz CT molecular complexity index is 855. The highest BCUT2D eigenvalue weighted by Gasteiger charge is 2.21. The lowest BCUT2D eigenvalue weighted by Crippen LogP contribution is -2.31. The van der Waals surface area contributed by atoms with E-state index in [0.29, 0.717) is 10.2 Å². The van der Waals surface area contributed by atoms with E-state index in [0.717, 1.165) is 6.07 Å². The molecule has 2 aromatic rings. The predicted molar refractivity (Wildman–Crippen MR) is 99.7 cm³/mol. The van der Waals surface area contributed by atoms with Gasteiger partial charge in [-0.15, -0.1) is 6.58 Å². The second kappa shape index (κ2) is 8.71. The van der Waals surface area contributed by atoms with E-state index in [2.05, 4.69) is 27.8 Å². The van der Waals surface area contributed by atoms with Crippen LogP contribution in [0.15, 0.2) is 53.5 Å². The van der Waals surface area contributed by atoms with Gasteiger partial charge in [0.2, 0.25) is 5.91 Å². The molecule has 0 saturated heterocycles. The van der Waals surface area contributed by atoms with Gasteiger partial charge >= 0.3 is 0 Å². The van der Waals surface area contributed by atoms with Crippen molar-refractivity contribution in [3.05, 3.63) is 76.3 Å². The summed E-state index contributed by atoms with van der Waals surface area (Å²) in [4.78, 5) is 25.2. The maximum Gasteiger partial charge on any atom is 0.257 e. The van der Waals surface area contributed by atoms with Crippen molar-refractivity contribution in [2.75, 3.05) is 11.9 Å². The number of amides is 2. The van der Waals surface area contributed by atoms with Crippen LogP contribution in [0, 0.1) is 11.6 Å². The van der Waals surface area contributed by atoms with E-state index in [-0.39, 0.29) is 30.1 Å². The van der Waals surface area contributed by atoms with Crippen molar-refractivity contribution in [1.82, 2.24) is 4.90 Å². The van der Waals surface area contributed by atoms with E-state index in [1.807, 2.05) is 0 Å². The molecule has 0 aliphatic carbocycles. The number of nitrogens with zero attached hydrogens (tertiary/aromatic N) is 1. The molecule has 1 N–H and O–H groups in total. The monoisotopic (exact) mass is 422 g/mol. The van der Waals surface area contributed by atoms with E-state index < -0.39 is 17.5 Å². The summed E-state index contributed by atoms with van der Waals surface area (Å²) in [5.41, 5.74) is 0.371. The van der Waals surface area contributed by atoms with E-state index in [1.54, 1.807) is 12.1 Å². The first kappa shape index (κ1) is 19.8. The van der Waals surface area contributed by atoms with Gasteiger partial charge in [0.1, 0.15) is 11.6 Å². The molecule has 26 heavy (non-hydrogen) atoms. The van der Waals surface area contributed by atoms with Gasteiger partial charge in [-0.3, -0.25) is 9.59 Å². The molecule has 0 aliphatic heterocycles. The number of hydrogen-bond acceptors (Lipinski definition) is 2. The van der Waals surface area contributed by atoms with Crippen molar-refractivity contribution in [3.63, 3.8) is 0 Å². The lowest BCUT2D eigenvalue weighted by molar-refractivity contribution is -0.114. The molecule has 136 valence electrons. The predicted octanol–water partition coefficient (Wildman–Crippen LogP) is 4.51. The number of rotatable bonds is 6. The Balaban J connectivity index is 2.34. The fraction of sp³-hybridized carbons (Fsp3) is 0.158. The highest BCUT2D eigenvalue weighted by Crippen LogP contribution is 2.21. The molecule has 0 heterocycles. The lowest BCUT2D eigenvalue weighted by Gasteiger charge is -2.22. The summed E-state index contributed by atoms with van der Waals surface area (Å²) < 4.78 is 28.9. The second-order valence-electron chi connectivity index (χ2n) is 5.59. The van der Waals surface area contributed by atoms with Crippen LogP contribution in [-0.2, 0) is 11.3 Å². The van der Waals surface area contributed by atoms with Gasteiger partial charge in [-0.25, -0.2) is 8.78 Å². The minimum atomic E-state index is -0.729. The number of carbonyl (C=O) groups excluding carboxylic acids is 2. The molecule has 0 aliphatic rings. The van der Waals surface area contributed by atoms with Crippen LogP contribution in [0.4, 0.5) is 14.5 Å². The van der Waals surface area contributed by atoms with Crippen molar-refractivity contribution < 1.29 is 18.4 Å². The van der Waals surface area contributed by atoms with Crippen molar-refractivity contribution in [1.29, 1.82) is 0 Å². The van der Waals surface area contributed by atoms with Gasteiger partial charge in [-0.05, 0) is 36.4 Å². The van der Waals surface area contributed by atoms with Crippen LogP contribution in [0.3, 0.4) is 0 Å². The summed E-state index contributed by atoms with van der Waals surface area (Å²) in [5.74, 6) is -2.17. The van der Waals surface area contributed by atoms with Crippen molar-refractivity contribution >= 4 is 33.4 Å². The third-order valence-electron chi connectivity index (χ3n) is 3.52. The Morgan fingerprint density at radius 1 is 1.19 bits per heavy atom. The highest BCUT2D eigenvalue weighted by molar-refractivity contribution is 9.10. The van der Waals surface area contributed by atoms with Crippen molar-refractivity contribution in [3.8, 4) is 0 Å². The van der Waals surface area contributed by atoms with Gasteiger partial charge in [-0.1, -0.05) is 22.0 Å². The minimum absolute atomic E-state index is 0.0556.